The van der Waals surface area contributed by atoms with Crippen molar-refractivity contribution in [2.75, 3.05) is 11.4 Å². The Kier molecular flexibility index (Phi) is 4.42. The van der Waals surface area contributed by atoms with Crippen molar-refractivity contribution in [3.63, 3.8) is 0 Å². The second kappa shape index (κ2) is 6.07. The smallest absolute Gasteiger partial charge is 0.307 e. The third-order valence-corrected chi connectivity index (χ3v) is 4.16. The van der Waals surface area contributed by atoms with Crippen LogP contribution in [0.3, 0.4) is 0 Å². The van der Waals surface area contributed by atoms with E-state index in [1.807, 2.05) is 24.3 Å². The Morgan fingerprint density at radius 2 is 1.85 bits per heavy atom. The van der Waals surface area contributed by atoms with E-state index >= 15 is 0 Å². The fraction of sp³-hybridized carbons (Fsp3) is 0.500. The normalized spacial score (nSPS) is 17.8. The van der Waals surface area contributed by atoms with E-state index in [0.29, 0.717) is 6.54 Å². The van der Waals surface area contributed by atoms with E-state index in [2.05, 4.69) is 0 Å². The summed E-state index contributed by atoms with van der Waals surface area (Å²) < 4.78 is 0. The van der Waals surface area contributed by atoms with Crippen LogP contribution in [0.4, 0.5) is 5.69 Å². The molecule has 1 amide bonds. The molecule has 2 rings (SSSR count). The first kappa shape index (κ1) is 14.6. The number of amides is 1. The van der Waals surface area contributed by atoms with Gasteiger partial charge in [-0.15, -0.1) is 0 Å². The molecular weight excluding hydrogens is 254 g/mol. The first-order valence-electron chi connectivity index (χ1n) is 7.14. The minimum absolute atomic E-state index is 0.0887. The van der Waals surface area contributed by atoms with Crippen molar-refractivity contribution >= 4 is 17.6 Å². The topological polar surface area (TPSA) is 57.6 Å². The Hall–Kier alpha value is -1.84. The van der Waals surface area contributed by atoms with Crippen molar-refractivity contribution in [1.82, 2.24) is 0 Å². The largest absolute Gasteiger partial charge is 0.481 e. The highest BCUT2D eigenvalue weighted by Gasteiger charge is 2.31. The number of hydrogen-bond acceptors (Lipinski definition) is 2. The maximum absolute atomic E-state index is 12.6. The maximum Gasteiger partial charge on any atom is 0.307 e. The summed E-state index contributed by atoms with van der Waals surface area (Å²) in [5.74, 6) is -2.19. The SMILES string of the molecule is CC(C(=O)O)C(C)C(=O)N1CCCCc2ccccc21. The van der Waals surface area contributed by atoms with Crippen molar-refractivity contribution in [1.29, 1.82) is 0 Å². The predicted octanol–water partition coefficient (Wildman–Crippen LogP) is 2.71. The number of carboxylic acids is 1. The molecule has 20 heavy (non-hydrogen) atoms. The lowest BCUT2D eigenvalue weighted by atomic mass is 9.94. The molecule has 1 aliphatic heterocycles. The van der Waals surface area contributed by atoms with Gasteiger partial charge in [-0.1, -0.05) is 32.0 Å². The molecule has 4 nitrogen and oxygen atoms in total. The van der Waals surface area contributed by atoms with Gasteiger partial charge in [0.15, 0.2) is 0 Å². The summed E-state index contributed by atoms with van der Waals surface area (Å²) >= 11 is 0. The molecule has 0 fully saturated rings. The van der Waals surface area contributed by atoms with Crippen LogP contribution >= 0.6 is 0 Å². The Labute approximate surface area is 119 Å². The summed E-state index contributed by atoms with van der Waals surface area (Å²) in [7, 11) is 0. The van der Waals surface area contributed by atoms with Gasteiger partial charge in [0.25, 0.3) is 0 Å². The molecular formula is C16H21NO3. The average Bonchev–Trinajstić information content (AvgIpc) is 2.67. The van der Waals surface area contributed by atoms with Crippen LogP contribution in [0.1, 0.15) is 32.3 Å². The van der Waals surface area contributed by atoms with E-state index in [1.54, 1.807) is 18.7 Å². The molecule has 0 spiro atoms. The monoisotopic (exact) mass is 275 g/mol. The number of nitrogens with zero attached hydrogens (tertiary/aromatic N) is 1. The van der Waals surface area contributed by atoms with Crippen molar-refractivity contribution in [2.24, 2.45) is 11.8 Å². The summed E-state index contributed by atoms with van der Waals surface area (Å²) in [6, 6.07) is 7.91. The Bertz CT molecular complexity index is 512. The van der Waals surface area contributed by atoms with Crippen LogP contribution in [0.5, 0.6) is 0 Å². The minimum Gasteiger partial charge on any atom is -0.481 e. The molecule has 0 bridgehead atoms. The molecule has 1 aliphatic rings. The minimum atomic E-state index is -0.922. The van der Waals surface area contributed by atoms with Crippen molar-refractivity contribution in [3.8, 4) is 0 Å². The van der Waals surface area contributed by atoms with Gasteiger partial charge in [0.1, 0.15) is 0 Å². The number of para-hydroxylation sites is 1. The van der Waals surface area contributed by atoms with E-state index < -0.39 is 17.8 Å². The lowest BCUT2D eigenvalue weighted by Crippen LogP contribution is -2.39. The number of carboxylic acid groups (broad SMARTS) is 1. The van der Waals surface area contributed by atoms with Crippen molar-refractivity contribution < 1.29 is 14.7 Å². The van der Waals surface area contributed by atoms with Crippen LogP contribution in [-0.2, 0) is 16.0 Å². The molecule has 2 unspecified atom stereocenters. The number of benzene rings is 1. The van der Waals surface area contributed by atoms with E-state index in [-0.39, 0.29) is 5.91 Å². The molecule has 0 saturated carbocycles. The standard InChI is InChI=1S/C16H21NO3/c1-11(12(2)16(19)20)15(18)17-10-6-5-8-13-7-3-4-9-14(13)17/h3-4,7,9,11-12H,5-6,8,10H2,1-2H3,(H,19,20). The summed E-state index contributed by atoms with van der Waals surface area (Å²) in [6.07, 6.45) is 2.99. The van der Waals surface area contributed by atoms with Crippen LogP contribution in [0.25, 0.3) is 0 Å². The van der Waals surface area contributed by atoms with Gasteiger partial charge in [-0.3, -0.25) is 9.59 Å². The number of aryl methyl sites for hydroxylation is 1. The summed E-state index contributed by atoms with van der Waals surface area (Å²) in [6.45, 7) is 3.97. The molecule has 0 radical (unpaired) electrons. The quantitative estimate of drug-likeness (QED) is 0.922. The van der Waals surface area contributed by atoms with Crippen molar-refractivity contribution in [2.45, 2.75) is 33.1 Å². The molecule has 0 aliphatic carbocycles. The van der Waals surface area contributed by atoms with Crippen LogP contribution in [0, 0.1) is 11.8 Å². The Balaban J connectivity index is 2.28. The zero-order valence-electron chi connectivity index (χ0n) is 12.0. The van der Waals surface area contributed by atoms with Gasteiger partial charge in [0, 0.05) is 18.2 Å². The summed E-state index contributed by atoms with van der Waals surface area (Å²) in [5, 5.41) is 9.08. The molecule has 1 N–H and O–H groups in total. The van der Waals surface area contributed by atoms with Gasteiger partial charge in [0.05, 0.1) is 5.92 Å². The average molecular weight is 275 g/mol. The predicted molar refractivity (Wildman–Crippen MR) is 77.7 cm³/mol. The number of rotatable bonds is 3. The van der Waals surface area contributed by atoms with E-state index in [0.717, 1.165) is 24.9 Å². The lowest BCUT2D eigenvalue weighted by molar-refractivity contribution is -0.145. The number of carbonyl (C=O) groups excluding carboxylic acids is 1. The van der Waals surface area contributed by atoms with Gasteiger partial charge < -0.3 is 10.0 Å². The number of carbonyl (C=O) groups is 2. The van der Waals surface area contributed by atoms with Crippen LogP contribution in [0.15, 0.2) is 24.3 Å². The maximum atomic E-state index is 12.6. The number of aliphatic carboxylic acids is 1. The molecule has 0 saturated heterocycles. The Morgan fingerprint density at radius 3 is 2.55 bits per heavy atom. The van der Waals surface area contributed by atoms with Gasteiger partial charge >= 0.3 is 5.97 Å². The van der Waals surface area contributed by atoms with Gasteiger partial charge in [-0.2, -0.15) is 0 Å². The molecule has 1 aromatic rings. The molecule has 108 valence electrons. The third-order valence-electron chi connectivity index (χ3n) is 4.16. The molecule has 1 aromatic carbocycles. The molecule has 2 atom stereocenters. The summed E-state index contributed by atoms with van der Waals surface area (Å²) in [4.78, 5) is 25.5. The highest BCUT2D eigenvalue weighted by molar-refractivity contribution is 5.97. The lowest BCUT2D eigenvalue weighted by Gasteiger charge is -2.27. The van der Waals surface area contributed by atoms with Crippen LogP contribution < -0.4 is 4.90 Å². The Morgan fingerprint density at radius 1 is 1.15 bits per heavy atom. The number of fused-ring (bicyclic) bond motifs is 1. The molecule has 1 heterocycles. The number of hydrogen-bond donors (Lipinski definition) is 1. The number of anilines is 1. The zero-order valence-corrected chi connectivity index (χ0v) is 12.0. The van der Waals surface area contributed by atoms with E-state index in [1.165, 1.54) is 5.56 Å². The highest BCUT2D eigenvalue weighted by atomic mass is 16.4. The van der Waals surface area contributed by atoms with Crippen LogP contribution in [-0.4, -0.2) is 23.5 Å². The van der Waals surface area contributed by atoms with Gasteiger partial charge in [-0.25, -0.2) is 0 Å². The summed E-state index contributed by atoms with van der Waals surface area (Å²) in [5.41, 5.74) is 2.12. The fourth-order valence-electron chi connectivity index (χ4n) is 2.59. The van der Waals surface area contributed by atoms with E-state index in [9.17, 15) is 9.59 Å². The first-order valence-corrected chi connectivity index (χ1v) is 7.14. The molecule has 4 heteroatoms. The molecule has 0 aromatic heterocycles. The van der Waals surface area contributed by atoms with Crippen LogP contribution in [0.2, 0.25) is 0 Å². The highest BCUT2D eigenvalue weighted by Crippen LogP contribution is 2.28. The fourth-order valence-corrected chi connectivity index (χ4v) is 2.59. The van der Waals surface area contributed by atoms with Gasteiger partial charge in [0.2, 0.25) is 5.91 Å². The zero-order chi connectivity index (χ0) is 14.7. The first-order chi connectivity index (χ1) is 9.52. The second-order valence-corrected chi connectivity index (χ2v) is 5.49. The third kappa shape index (κ3) is 2.84. The van der Waals surface area contributed by atoms with Gasteiger partial charge in [-0.05, 0) is 30.9 Å². The van der Waals surface area contributed by atoms with E-state index in [4.69, 9.17) is 5.11 Å². The van der Waals surface area contributed by atoms with Crippen molar-refractivity contribution in [3.05, 3.63) is 29.8 Å². The second-order valence-electron chi connectivity index (χ2n) is 5.49.